The Morgan fingerprint density at radius 2 is 2.13 bits per heavy atom. The molecule has 1 aliphatic carbocycles. The lowest BCUT2D eigenvalue weighted by atomic mass is 9.96. The lowest BCUT2D eigenvalue weighted by Crippen LogP contribution is -2.15. The molecule has 0 saturated heterocycles. The van der Waals surface area contributed by atoms with Crippen LogP contribution in [0.1, 0.15) is 23.2 Å². The first-order chi connectivity index (χ1) is 7.20. The average molecular weight is 317 g/mol. The minimum Gasteiger partial charge on any atom is -0.294 e. The Hall–Kier alpha value is -0.780. The van der Waals surface area contributed by atoms with E-state index in [1.54, 1.807) is 6.07 Å². The van der Waals surface area contributed by atoms with Gasteiger partial charge in [-0.05, 0) is 41.5 Å². The molecule has 0 aliphatic heterocycles. The van der Waals surface area contributed by atoms with Gasteiger partial charge in [-0.2, -0.15) is 4.39 Å². The van der Waals surface area contributed by atoms with Gasteiger partial charge in [0.2, 0.25) is 5.95 Å². The highest BCUT2D eigenvalue weighted by molar-refractivity contribution is 14.1. The van der Waals surface area contributed by atoms with Crippen molar-refractivity contribution in [1.29, 1.82) is 0 Å². The Bertz CT molecular complexity index is 402. The number of nitrogens with zero attached hydrogens (tertiary/aromatic N) is 1. The molecule has 0 atom stereocenters. The molecule has 1 aromatic rings. The van der Waals surface area contributed by atoms with Crippen molar-refractivity contribution < 1.29 is 9.18 Å². The Morgan fingerprint density at radius 3 is 2.73 bits per heavy atom. The highest BCUT2D eigenvalue weighted by Gasteiger charge is 2.25. The SMILES string of the molecule is O=C(c1c(I)ccnc1F)C1CC=CC1. The zero-order valence-corrected chi connectivity index (χ0v) is 10.1. The second-order valence-corrected chi connectivity index (χ2v) is 4.62. The Kier molecular flexibility index (Phi) is 3.14. The third-order valence-electron chi connectivity index (χ3n) is 2.48. The molecule has 4 heteroatoms. The predicted molar refractivity (Wildman–Crippen MR) is 63.1 cm³/mol. The first kappa shape index (κ1) is 10.7. The van der Waals surface area contributed by atoms with Gasteiger partial charge in [0.05, 0.1) is 5.56 Å². The number of pyridine rings is 1. The molecular formula is C11H9FINO. The van der Waals surface area contributed by atoms with Crippen molar-refractivity contribution in [3.05, 3.63) is 39.5 Å². The van der Waals surface area contributed by atoms with Crippen LogP contribution in [0.25, 0.3) is 0 Å². The number of rotatable bonds is 2. The summed E-state index contributed by atoms with van der Waals surface area (Å²) in [4.78, 5) is 15.5. The number of carbonyl (C=O) groups is 1. The Morgan fingerprint density at radius 1 is 1.47 bits per heavy atom. The number of halogens is 2. The summed E-state index contributed by atoms with van der Waals surface area (Å²) in [5.41, 5.74) is 0.145. The first-order valence-corrected chi connectivity index (χ1v) is 5.77. The van der Waals surface area contributed by atoms with Crippen LogP contribution in [0.3, 0.4) is 0 Å². The fraction of sp³-hybridized carbons (Fsp3) is 0.273. The van der Waals surface area contributed by atoms with Crippen LogP contribution in [0.2, 0.25) is 0 Å². The van der Waals surface area contributed by atoms with Crippen LogP contribution >= 0.6 is 22.6 Å². The quantitative estimate of drug-likeness (QED) is 0.363. The van der Waals surface area contributed by atoms with Crippen LogP contribution in [0.4, 0.5) is 4.39 Å². The molecule has 0 spiro atoms. The molecule has 15 heavy (non-hydrogen) atoms. The highest BCUT2D eigenvalue weighted by Crippen LogP contribution is 2.25. The average Bonchev–Trinajstić information content (AvgIpc) is 2.69. The first-order valence-electron chi connectivity index (χ1n) is 4.69. The molecule has 2 nitrogen and oxygen atoms in total. The topological polar surface area (TPSA) is 30.0 Å². The van der Waals surface area contributed by atoms with Crippen molar-refractivity contribution in [1.82, 2.24) is 4.98 Å². The van der Waals surface area contributed by atoms with E-state index in [0.29, 0.717) is 16.4 Å². The molecule has 0 radical (unpaired) electrons. The standard InChI is InChI=1S/C11H9FINO/c12-11-9(8(13)5-6-14-11)10(15)7-3-1-2-4-7/h1-2,5-7H,3-4H2. The molecule has 1 aromatic heterocycles. The van der Waals surface area contributed by atoms with E-state index in [9.17, 15) is 9.18 Å². The molecule has 2 rings (SSSR count). The van der Waals surface area contributed by atoms with Gasteiger partial charge < -0.3 is 0 Å². The van der Waals surface area contributed by atoms with Crippen LogP contribution < -0.4 is 0 Å². The van der Waals surface area contributed by atoms with Crippen molar-refractivity contribution in [3.8, 4) is 0 Å². The summed E-state index contributed by atoms with van der Waals surface area (Å²) < 4.78 is 14.0. The van der Waals surface area contributed by atoms with Crippen LogP contribution in [-0.4, -0.2) is 10.8 Å². The van der Waals surface area contributed by atoms with Gasteiger partial charge in [-0.3, -0.25) is 4.79 Å². The summed E-state index contributed by atoms with van der Waals surface area (Å²) in [7, 11) is 0. The maximum absolute atomic E-state index is 13.4. The summed E-state index contributed by atoms with van der Waals surface area (Å²) in [6, 6.07) is 1.65. The van der Waals surface area contributed by atoms with Gasteiger partial charge in [-0.25, -0.2) is 4.98 Å². The minimum absolute atomic E-state index is 0.0998. The summed E-state index contributed by atoms with van der Waals surface area (Å²) in [5.74, 6) is -0.883. The van der Waals surface area contributed by atoms with Crippen LogP contribution in [0.5, 0.6) is 0 Å². The second kappa shape index (κ2) is 4.38. The maximum atomic E-state index is 13.4. The largest absolute Gasteiger partial charge is 0.294 e. The zero-order valence-electron chi connectivity index (χ0n) is 7.91. The van der Waals surface area contributed by atoms with E-state index >= 15 is 0 Å². The molecular weight excluding hydrogens is 308 g/mol. The smallest absolute Gasteiger partial charge is 0.224 e. The lowest BCUT2D eigenvalue weighted by Gasteiger charge is -2.09. The third-order valence-corrected chi connectivity index (χ3v) is 3.38. The number of Topliss-reactive ketones (excluding diaryl/α,β-unsaturated/α-hetero) is 1. The van der Waals surface area contributed by atoms with E-state index in [1.165, 1.54) is 6.20 Å². The van der Waals surface area contributed by atoms with Crippen molar-refractivity contribution >= 4 is 28.4 Å². The normalized spacial score (nSPS) is 15.9. The highest BCUT2D eigenvalue weighted by atomic mass is 127. The summed E-state index contributed by atoms with van der Waals surface area (Å²) >= 11 is 1.97. The van der Waals surface area contributed by atoms with Gasteiger partial charge in [0.25, 0.3) is 0 Å². The van der Waals surface area contributed by atoms with Crippen molar-refractivity contribution in [3.63, 3.8) is 0 Å². The fourth-order valence-electron chi connectivity index (χ4n) is 1.67. The maximum Gasteiger partial charge on any atom is 0.224 e. The van der Waals surface area contributed by atoms with Crippen LogP contribution in [-0.2, 0) is 0 Å². The number of allylic oxidation sites excluding steroid dienone is 2. The van der Waals surface area contributed by atoms with Crippen LogP contribution in [0, 0.1) is 15.4 Å². The number of hydrogen-bond acceptors (Lipinski definition) is 2. The molecule has 0 amide bonds. The molecule has 78 valence electrons. The van der Waals surface area contributed by atoms with E-state index in [1.807, 2.05) is 34.7 Å². The summed E-state index contributed by atoms with van der Waals surface area (Å²) in [5, 5.41) is 0. The fourth-order valence-corrected chi connectivity index (χ4v) is 2.32. The van der Waals surface area contributed by atoms with Crippen LogP contribution in [0.15, 0.2) is 24.4 Å². The zero-order chi connectivity index (χ0) is 10.8. The van der Waals surface area contributed by atoms with Gasteiger partial charge >= 0.3 is 0 Å². The van der Waals surface area contributed by atoms with E-state index in [-0.39, 0.29) is 17.3 Å². The lowest BCUT2D eigenvalue weighted by molar-refractivity contribution is 0.0920. The third kappa shape index (κ3) is 2.09. The molecule has 0 N–H and O–H groups in total. The van der Waals surface area contributed by atoms with Crippen molar-refractivity contribution in [2.24, 2.45) is 5.92 Å². The Balaban J connectivity index is 2.32. The molecule has 0 aromatic carbocycles. The molecule has 0 unspecified atom stereocenters. The summed E-state index contributed by atoms with van der Waals surface area (Å²) in [6.45, 7) is 0. The van der Waals surface area contributed by atoms with Gasteiger partial charge in [-0.1, -0.05) is 12.2 Å². The second-order valence-electron chi connectivity index (χ2n) is 3.46. The van der Waals surface area contributed by atoms with Crippen molar-refractivity contribution in [2.45, 2.75) is 12.8 Å². The number of aromatic nitrogens is 1. The van der Waals surface area contributed by atoms with E-state index < -0.39 is 5.95 Å². The van der Waals surface area contributed by atoms with E-state index in [2.05, 4.69) is 4.98 Å². The molecule has 0 saturated carbocycles. The molecule has 0 bridgehead atoms. The van der Waals surface area contributed by atoms with Gasteiger partial charge in [0.15, 0.2) is 5.78 Å². The van der Waals surface area contributed by atoms with Crippen molar-refractivity contribution in [2.75, 3.05) is 0 Å². The number of carbonyl (C=O) groups excluding carboxylic acids is 1. The van der Waals surface area contributed by atoms with E-state index in [0.717, 1.165) is 0 Å². The summed E-state index contributed by atoms with van der Waals surface area (Å²) in [6.07, 6.45) is 6.72. The van der Waals surface area contributed by atoms with E-state index in [4.69, 9.17) is 0 Å². The van der Waals surface area contributed by atoms with Gasteiger partial charge in [-0.15, -0.1) is 0 Å². The molecule has 0 fully saturated rings. The Labute approximate surface area is 101 Å². The monoisotopic (exact) mass is 317 g/mol. The van der Waals surface area contributed by atoms with Gasteiger partial charge in [0, 0.05) is 15.7 Å². The number of ketones is 1. The number of hydrogen-bond donors (Lipinski definition) is 0. The molecule has 1 aliphatic rings. The van der Waals surface area contributed by atoms with Gasteiger partial charge in [0.1, 0.15) is 0 Å². The predicted octanol–water partition coefficient (Wildman–Crippen LogP) is 2.97. The minimum atomic E-state index is -0.654. The molecule has 1 heterocycles.